The first-order valence-electron chi connectivity index (χ1n) is 5.51. The molecule has 1 saturated carbocycles. The second kappa shape index (κ2) is 5.41. The molecule has 0 aliphatic heterocycles. The SMILES string of the molecule is O=C(O)c1nc(COCC2CCCC2)cs1. The average molecular weight is 241 g/mol. The highest BCUT2D eigenvalue weighted by Crippen LogP contribution is 2.25. The van der Waals surface area contributed by atoms with E-state index in [-0.39, 0.29) is 5.01 Å². The molecule has 1 aromatic heterocycles. The summed E-state index contributed by atoms with van der Waals surface area (Å²) >= 11 is 1.15. The minimum atomic E-state index is -0.966. The van der Waals surface area contributed by atoms with Gasteiger partial charge in [-0.1, -0.05) is 12.8 Å². The highest BCUT2D eigenvalue weighted by molar-refractivity contribution is 7.11. The standard InChI is InChI=1S/C11H15NO3S/c13-11(14)10-12-9(7-16-10)6-15-5-8-3-1-2-4-8/h7-8H,1-6H2,(H,13,14). The number of aromatic carboxylic acids is 1. The topological polar surface area (TPSA) is 59.4 Å². The number of hydrogen-bond acceptors (Lipinski definition) is 4. The Morgan fingerprint density at radius 1 is 1.56 bits per heavy atom. The van der Waals surface area contributed by atoms with Gasteiger partial charge < -0.3 is 9.84 Å². The molecule has 4 nitrogen and oxygen atoms in total. The molecule has 1 aromatic rings. The zero-order valence-corrected chi connectivity index (χ0v) is 9.83. The van der Waals surface area contributed by atoms with Gasteiger partial charge in [0.25, 0.3) is 0 Å². The number of aromatic nitrogens is 1. The highest BCUT2D eigenvalue weighted by Gasteiger charge is 2.15. The van der Waals surface area contributed by atoms with Gasteiger partial charge >= 0.3 is 5.97 Å². The summed E-state index contributed by atoms with van der Waals surface area (Å²) in [5.41, 5.74) is 0.723. The van der Waals surface area contributed by atoms with Crippen molar-refractivity contribution in [2.75, 3.05) is 6.61 Å². The molecule has 1 fully saturated rings. The number of thiazole rings is 1. The van der Waals surface area contributed by atoms with Crippen LogP contribution in [-0.4, -0.2) is 22.7 Å². The predicted octanol–water partition coefficient (Wildman–Crippen LogP) is 2.55. The van der Waals surface area contributed by atoms with Crippen molar-refractivity contribution in [1.29, 1.82) is 0 Å². The molecule has 0 radical (unpaired) electrons. The Kier molecular flexibility index (Phi) is 3.90. The Labute approximate surface area is 98.3 Å². The first-order chi connectivity index (χ1) is 7.75. The van der Waals surface area contributed by atoms with Crippen LogP contribution in [0.25, 0.3) is 0 Å². The molecular formula is C11H15NO3S. The van der Waals surface area contributed by atoms with E-state index in [1.54, 1.807) is 5.38 Å². The summed E-state index contributed by atoms with van der Waals surface area (Å²) in [6.07, 6.45) is 5.15. The van der Waals surface area contributed by atoms with Crippen LogP contribution < -0.4 is 0 Å². The van der Waals surface area contributed by atoms with Crippen LogP contribution in [-0.2, 0) is 11.3 Å². The highest BCUT2D eigenvalue weighted by atomic mass is 32.1. The van der Waals surface area contributed by atoms with Gasteiger partial charge in [0.1, 0.15) is 0 Å². The van der Waals surface area contributed by atoms with E-state index in [2.05, 4.69) is 4.98 Å². The summed E-state index contributed by atoms with van der Waals surface area (Å²) in [5.74, 6) is -0.273. The fourth-order valence-corrected chi connectivity index (χ4v) is 2.62. The van der Waals surface area contributed by atoms with Crippen molar-refractivity contribution in [3.05, 3.63) is 16.1 Å². The van der Waals surface area contributed by atoms with Gasteiger partial charge in [0, 0.05) is 12.0 Å². The zero-order valence-electron chi connectivity index (χ0n) is 9.02. The van der Waals surface area contributed by atoms with Crippen molar-refractivity contribution in [3.63, 3.8) is 0 Å². The van der Waals surface area contributed by atoms with E-state index in [0.717, 1.165) is 23.6 Å². The number of carboxylic acids is 1. The minimum absolute atomic E-state index is 0.138. The summed E-state index contributed by atoms with van der Waals surface area (Å²) < 4.78 is 5.55. The quantitative estimate of drug-likeness (QED) is 0.860. The third kappa shape index (κ3) is 3.02. The lowest BCUT2D eigenvalue weighted by Gasteiger charge is -2.08. The first-order valence-corrected chi connectivity index (χ1v) is 6.39. The van der Waals surface area contributed by atoms with Crippen LogP contribution in [0.1, 0.15) is 41.2 Å². The van der Waals surface area contributed by atoms with Crippen molar-refractivity contribution < 1.29 is 14.6 Å². The number of carboxylic acid groups (broad SMARTS) is 1. The van der Waals surface area contributed by atoms with E-state index < -0.39 is 5.97 Å². The fraction of sp³-hybridized carbons (Fsp3) is 0.636. The van der Waals surface area contributed by atoms with Gasteiger partial charge in [0.05, 0.1) is 12.3 Å². The number of nitrogens with zero attached hydrogens (tertiary/aromatic N) is 1. The third-order valence-electron chi connectivity index (χ3n) is 2.81. The summed E-state index contributed by atoms with van der Waals surface area (Å²) in [6.45, 7) is 1.21. The number of ether oxygens (including phenoxy) is 1. The van der Waals surface area contributed by atoms with Crippen LogP contribution in [0.2, 0.25) is 0 Å². The predicted molar refractivity (Wildman–Crippen MR) is 60.7 cm³/mol. The van der Waals surface area contributed by atoms with E-state index in [0.29, 0.717) is 12.5 Å². The molecular weight excluding hydrogens is 226 g/mol. The molecule has 2 rings (SSSR count). The lowest BCUT2D eigenvalue weighted by molar-refractivity contribution is 0.0693. The van der Waals surface area contributed by atoms with Crippen molar-refractivity contribution in [3.8, 4) is 0 Å². The fourth-order valence-electron chi connectivity index (χ4n) is 1.98. The Hall–Kier alpha value is -0.940. The molecule has 88 valence electrons. The largest absolute Gasteiger partial charge is 0.476 e. The Balaban J connectivity index is 1.74. The van der Waals surface area contributed by atoms with Gasteiger partial charge in [-0.2, -0.15) is 0 Å². The molecule has 1 heterocycles. The molecule has 1 aliphatic rings. The molecule has 16 heavy (non-hydrogen) atoms. The molecule has 1 aliphatic carbocycles. The number of hydrogen-bond donors (Lipinski definition) is 1. The van der Waals surface area contributed by atoms with Crippen LogP contribution >= 0.6 is 11.3 Å². The lowest BCUT2D eigenvalue weighted by Crippen LogP contribution is -2.05. The van der Waals surface area contributed by atoms with E-state index in [1.165, 1.54) is 25.7 Å². The molecule has 0 unspecified atom stereocenters. The van der Waals surface area contributed by atoms with Gasteiger partial charge in [0.15, 0.2) is 0 Å². The maximum Gasteiger partial charge on any atom is 0.365 e. The molecule has 0 aromatic carbocycles. The number of rotatable bonds is 5. The average Bonchev–Trinajstić information content (AvgIpc) is 2.87. The molecule has 0 atom stereocenters. The van der Waals surface area contributed by atoms with E-state index in [1.807, 2.05) is 0 Å². The van der Waals surface area contributed by atoms with Gasteiger partial charge in [-0.25, -0.2) is 9.78 Å². The summed E-state index contributed by atoms with van der Waals surface area (Å²) in [4.78, 5) is 14.6. The maximum absolute atomic E-state index is 10.6. The molecule has 0 saturated heterocycles. The lowest BCUT2D eigenvalue weighted by atomic mass is 10.1. The van der Waals surface area contributed by atoms with E-state index in [9.17, 15) is 4.79 Å². The van der Waals surface area contributed by atoms with Gasteiger partial charge in [0.2, 0.25) is 5.01 Å². The molecule has 5 heteroatoms. The van der Waals surface area contributed by atoms with Crippen LogP contribution in [0.3, 0.4) is 0 Å². The van der Waals surface area contributed by atoms with Crippen molar-refractivity contribution in [1.82, 2.24) is 4.98 Å². The van der Waals surface area contributed by atoms with Gasteiger partial charge in [-0.05, 0) is 18.8 Å². The van der Waals surface area contributed by atoms with Crippen molar-refractivity contribution >= 4 is 17.3 Å². The van der Waals surface area contributed by atoms with Crippen LogP contribution in [0.15, 0.2) is 5.38 Å². The normalized spacial score (nSPS) is 16.8. The Bertz CT molecular complexity index is 358. The summed E-state index contributed by atoms with van der Waals surface area (Å²) in [6, 6.07) is 0. The van der Waals surface area contributed by atoms with Crippen LogP contribution in [0.5, 0.6) is 0 Å². The molecule has 0 spiro atoms. The van der Waals surface area contributed by atoms with Crippen molar-refractivity contribution in [2.45, 2.75) is 32.3 Å². The van der Waals surface area contributed by atoms with E-state index >= 15 is 0 Å². The van der Waals surface area contributed by atoms with Crippen LogP contribution in [0, 0.1) is 5.92 Å². The van der Waals surface area contributed by atoms with Gasteiger partial charge in [-0.15, -0.1) is 11.3 Å². The Morgan fingerprint density at radius 2 is 2.31 bits per heavy atom. The van der Waals surface area contributed by atoms with Gasteiger partial charge in [-0.3, -0.25) is 0 Å². The maximum atomic E-state index is 10.6. The monoisotopic (exact) mass is 241 g/mol. The molecule has 1 N–H and O–H groups in total. The molecule has 0 amide bonds. The second-order valence-corrected chi connectivity index (χ2v) is 4.97. The van der Waals surface area contributed by atoms with E-state index in [4.69, 9.17) is 9.84 Å². The summed E-state index contributed by atoms with van der Waals surface area (Å²) in [5, 5.41) is 10.6. The minimum Gasteiger partial charge on any atom is -0.476 e. The smallest absolute Gasteiger partial charge is 0.365 e. The Morgan fingerprint density at radius 3 is 2.94 bits per heavy atom. The summed E-state index contributed by atoms with van der Waals surface area (Å²) in [7, 11) is 0. The molecule has 0 bridgehead atoms. The number of carbonyl (C=O) groups is 1. The third-order valence-corrected chi connectivity index (χ3v) is 3.69. The van der Waals surface area contributed by atoms with Crippen molar-refractivity contribution in [2.24, 2.45) is 5.92 Å². The first kappa shape index (κ1) is 11.5. The van der Waals surface area contributed by atoms with Crippen LogP contribution in [0.4, 0.5) is 0 Å². The second-order valence-electron chi connectivity index (χ2n) is 4.11. The zero-order chi connectivity index (χ0) is 11.4.